The maximum atomic E-state index is 12.4. The first-order valence-electron chi connectivity index (χ1n) is 9.95. The van der Waals surface area contributed by atoms with Gasteiger partial charge in [-0.15, -0.1) is 0 Å². The molecule has 1 fully saturated rings. The van der Waals surface area contributed by atoms with E-state index in [1.165, 1.54) is 17.3 Å². The first kappa shape index (κ1) is 21.4. The summed E-state index contributed by atoms with van der Waals surface area (Å²) >= 11 is 1.26. The highest BCUT2D eigenvalue weighted by atomic mass is 32.2. The molecule has 1 aliphatic carbocycles. The minimum absolute atomic E-state index is 0.0877. The van der Waals surface area contributed by atoms with Gasteiger partial charge in [-0.3, -0.25) is 9.59 Å². The fourth-order valence-corrected chi connectivity index (χ4v) is 4.20. The summed E-state index contributed by atoms with van der Waals surface area (Å²) in [5.74, 6) is -0.000744. The van der Waals surface area contributed by atoms with Crippen molar-refractivity contribution in [3.8, 4) is 0 Å². The molecular weight excluding hydrogens is 388 g/mol. The number of thioether (sulfide) groups is 1. The van der Waals surface area contributed by atoms with Crippen molar-refractivity contribution in [2.45, 2.75) is 63.5 Å². The Kier molecular flexibility index (Phi) is 7.71. The van der Waals surface area contributed by atoms with Crippen LogP contribution in [-0.2, 0) is 29.3 Å². The van der Waals surface area contributed by atoms with Gasteiger partial charge < -0.3 is 20.3 Å². The highest BCUT2D eigenvalue weighted by Crippen LogP contribution is 2.20. The van der Waals surface area contributed by atoms with Crippen molar-refractivity contribution >= 4 is 23.6 Å². The zero-order valence-corrected chi connectivity index (χ0v) is 17.5. The minimum Gasteiger partial charge on any atom is -0.390 e. The fourth-order valence-electron chi connectivity index (χ4n) is 3.38. The van der Waals surface area contributed by atoms with E-state index in [2.05, 4.69) is 15.6 Å². The number of benzene rings is 1. The van der Waals surface area contributed by atoms with E-state index in [0.29, 0.717) is 17.4 Å². The monoisotopic (exact) mass is 416 g/mol. The summed E-state index contributed by atoms with van der Waals surface area (Å²) in [5, 5.41) is 16.0. The first-order chi connectivity index (χ1) is 14.0. The van der Waals surface area contributed by atoms with Gasteiger partial charge in [-0.05, 0) is 25.3 Å². The Labute approximate surface area is 175 Å². The average Bonchev–Trinajstić information content (AvgIpc) is 3.35. The van der Waals surface area contributed by atoms with Gasteiger partial charge in [0, 0.05) is 12.6 Å². The molecule has 0 spiro atoms. The summed E-state index contributed by atoms with van der Waals surface area (Å²) in [6.45, 7) is 2.39. The molecule has 0 radical (unpaired) electrons. The van der Waals surface area contributed by atoms with Crippen molar-refractivity contribution < 1.29 is 14.7 Å². The van der Waals surface area contributed by atoms with Crippen LogP contribution in [0.15, 0.2) is 35.6 Å². The number of hydrogen-bond acceptors (Lipinski definition) is 5. The largest absolute Gasteiger partial charge is 0.390 e. The van der Waals surface area contributed by atoms with Crippen LogP contribution in [0.25, 0.3) is 0 Å². The van der Waals surface area contributed by atoms with E-state index in [1.54, 1.807) is 10.8 Å². The summed E-state index contributed by atoms with van der Waals surface area (Å²) in [5.41, 5.74) is 2.79. The Balaban J connectivity index is 1.51. The van der Waals surface area contributed by atoms with Crippen LogP contribution in [0.2, 0.25) is 0 Å². The summed E-state index contributed by atoms with van der Waals surface area (Å²) < 4.78 is 1.68. The van der Waals surface area contributed by atoms with E-state index in [-0.39, 0.29) is 36.8 Å². The predicted molar refractivity (Wildman–Crippen MR) is 112 cm³/mol. The molecule has 2 aromatic rings. The molecule has 1 aliphatic rings. The van der Waals surface area contributed by atoms with Crippen LogP contribution in [0.5, 0.6) is 0 Å². The maximum Gasteiger partial charge on any atom is 0.240 e. The number of carbonyl (C=O) groups excluding carboxylic acids is 2. The van der Waals surface area contributed by atoms with Crippen LogP contribution in [0.4, 0.5) is 0 Å². The molecule has 29 heavy (non-hydrogen) atoms. The van der Waals surface area contributed by atoms with Gasteiger partial charge in [0.25, 0.3) is 0 Å². The molecule has 3 N–H and O–H groups in total. The van der Waals surface area contributed by atoms with Gasteiger partial charge in [0.1, 0.15) is 6.54 Å². The summed E-state index contributed by atoms with van der Waals surface area (Å²) in [4.78, 5) is 28.9. The molecule has 0 unspecified atom stereocenters. The highest BCUT2D eigenvalue weighted by Gasteiger charge is 2.19. The van der Waals surface area contributed by atoms with Gasteiger partial charge in [-0.25, -0.2) is 4.98 Å². The Bertz CT molecular complexity index is 829. The molecule has 3 rings (SSSR count). The Hall–Kier alpha value is -2.32. The van der Waals surface area contributed by atoms with Gasteiger partial charge in [0.15, 0.2) is 5.16 Å². The Morgan fingerprint density at radius 3 is 2.62 bits per heavy atom. The number of aromatic nitrogens is 2. The second-order valence-corrected chi connectivity index (χ2v) is 8.32. The molecule has 0 saturated heterocycles. The molecule has 156 valence electrons. The average molecular weight is 417 g/mol. The first-order valence-corrected chi connectivity index (χ1v) is 10.9. The number of aliphatic hydroxyl groups excluding tert-OH is 1. The quantitative estimate of drug-likeness (QED) is 0.545. The highest BCUT2D eigenvalue weighted by molar-refractivity contribution is 7.99. The zero-order valence-electron chi connectivity index (χ0n) is 16.7. The number of amides is 2. The lowest BCUT2D eigenvalue weighted by atomic mass is 10.1. The van der Waals surface area contributed by atoms with Crippen LogP contribution in [0.3, 0.4) is 0 Å². The summed E-state index contributed by atoms with van der Waals surface area (Å²) in [7, 11) is 0. The van der Waals surface area contributed by atoms with E-state index in [0.717, 1.165) is 31.2 Å². The van der Waals surface area contributed by atoms with Crippen molar-refractivity contribution in [1.29, 1.82) is 0 Å². The van der Waals surface area contributed by atoms with Gasteiger partial charge in [0.05, 0.1) is 24.3 Å². The maximum absolute atomic E-state index is 12.4. The van der Waals surface area contributed by atoms with E-state index in [9.17, 15) is 14.7 Å². The van der Waals surface area contributed by atoms with Crippen molar-refractivity contribution in [3.63, 3.8) is 0 Å². The van der Waals surface area contributed by atoms with E-state index < -0.39 is 0 Å². The van der Waals surface area contributed by atoms with Gasteiger partial charge in [-0.2, -0.15) is 0 Å². The number of hydrogen-bond donors (Lipinski definition) is 3. The number of carbonyl (C=O) groups is 2. The lowest BCUT2D eigenvalue weighted by Crippen LogP contribution is -2.35. The summed E-state index contributed by atoms with van der Waals surface area (Å²) in [6.07, 6.45) is 5.89. The summed E-state index contributed by atoms with van der Waals surface area (Å²) in [6, 6.07) is 8.25. The molecule has 1 heterocycles. The molecule has 1 aromatic carbocycles. The second-order valence-electron chi connectivity index (χ2n) is 7.38. The van der Waals surface area contributed by atoms with Crippen LogP contribution in [0.1, 0.15) is 42.5 Å². The van der Waals surface area contributed by atoms with Crippen LogP contribution >= 0.6 is 11.8 Å². The number of aliphatic hydroxyl groups is 1. The Morgan fingerprint density at radius 1 is 1.21 bits per heavy atom. The fraction of sp³-hybridized carbons (Fsp3) is 0.476. The molecule has 0 aliphatic heterocycles. The molecule has 2 amide bonds. The van der Waals surface area contributed by atoms with Gasteiger partial charge >= 0.3 is 0 Å². The van der Waals surface area contributed by atoms with Gasteiger partial charge in [-0.1, -0.05) is 54.4 Å². The number of nitrogens with zero attached hydrogens (tertiary/aromatic N) is 2. The molecule has 0 atom stereocenters. The topological polar surface area (TPSA) is 96.2 Å². The van der Waals surface area contributed by atoms with Crippen molar-refractivity contribution in [3.05, 3.63) is 47.3 Å². The van der Waals surface area contributed by atoms with Crippen LogP contribution < -0.4 is 10.6 Å². The third-order valence-electron chi connectivity index (χ3n) is 5.03. The lowest BCUT2D eigenvalue weighted by molar-refractivity contribution is -0.122. The molecule has 0 bridgehead atoms. The standard InChI is InChI=1S/C21H28N4O3S/c1-15-6-8-16(9-7-15)10-22-20(28)14-29-21-23-11-18(13-26)25(21)12-19(27)24-17-4-2-3-5-17/h6-9,11,17,26H,2-5,10,12-14H2,1H3,(H,22,28)(H,24,27). The van der Waals surface area contributed by atoms with Crippen LogP contribution in [-0.4, -0.2) is 38.3 Å². The van der Waals surface area contributed by atoms with Gasteiger partial charge in [0.2, 0.25) is 11.8 Å². The van der Waals surface area contributed by atoms with E-state index in [1.807, 2.05) is 31.2 Å². The number of rotatable bonds is 9. The molecule has 1 aromatic heterocycles. The third-order valence-corrected chi connectivity index (χ3v) is 6.02. The third kappa shape index (κ3) is 6.33. The molecule has 7 nitrogen and oxygen atoms in total. The Morgan fingerprint density at radius 2 is 1.93 bits per heavy atom. The molecular formula is C21H28N4O3S. The SMILES string of the molecule is Cc1ccc(CNC(=O)CSc2ncc(CO)n2CC(=O)NC2CCCC2)cc1. The normalized spacial score (nSPS) is 14.1. The molecule has 1 saturated carbocycles. The van der Waals surface area contributed by atoms with Crippen molar-refractivity contribution in [1.82, 2.24) is 20.2 Å². The van der Waals surface area contributed by atoms with E-state index in [4.69, 9.17) is 0 Å². The number of aryl methyl sites for hydroxylation is 1. The van der Waals surface area contributed by atoms with Crippen molar-refractivity contribution in [2.24, 2.45) is 0 Å². The lowest BCUT2D eigenvalue weighted by Gasteiger charge is -2.14. The minimum atomic E-state index is -0.204. The zero-order chi connectivity index (χ0) is 20.6. The predicted octanol–water partition coefficient (Wildman–Crippen LogP) is 2.15. The number of nitrogens with one attached hydrogen (secondary N) is 2. The smallest absolute Gasteiger partial charge is 0.240 e. The van der Waals surface area contributed by atoms with Crippen LogP contribution in [0, 0.1) is 6.92 Å². The number of imidazole rings is 1. The van der Waals surface area contributed by atoms with Crippen molar-refractivity contribution in [2.75, 3.05) is 5.75 Å². The van der Waals surface area contributed by atoms with E-state index >= 15 is 0 Å². The molecule has 8 heteroatoms. The second kappa shape index (κ2) is 10.5.